The van der Waals surface area contributed by atoms with Crippen molar-refractivity contribution in [3.05, 3.63) is 71.3 Å². The van der Waals surface area contributed by atoms with Crippen molar-refractivity contribution in [3.63, 3.8) is 0 Å². The summed E-state index contributed by atoms with van der Waals surface area (Å²) in [5, 5.41) is 4.46. The molecule has 1 amide bonds. The highest BCUT2D eigenvalue weighted by Crippen LogP contribution is 2.43. The van der Waals surface area contributed by atoms with Gasteiger partial charge in [0.25, 0.3) is 5.91 Å². The Hall–Kier alpha value is -3.48. The van der Waals surface area contributed by atoms with Crippen molar-refractivity contribution in [2.24, 2.45) is 5.92 Å². The van der Waals surface area contributed by atoms with Gasteiger partial charge in [-0.15, -0.1) is 0 Å². The molecule has 182 valence electrons. The largest absolute Gasteiger partial charge is 0.465 e. The Kier molecular flexibility index (Phi) is 6.41. The number of carbonyl (C=O) groups excluding carboxylic acids is 2. The first kappa shape index (κ1) is 23.3. The lowest BCUT2D eigenvalue weighted by Gasteiger charge is -2.21. The summed E-state index contributed by atoms with van der Waals surface area (Å²) >= 11 is 0. The molecule has 1 saturated carbocycles. The van der Waals surface area contributed by atoms with Crippen LogP contribution in [-0.4, -0.2) is 46.8 Å². The van der Waals surface area contributed by atoms with Crippen LogP contribution in [0.2, 0.25) is 0 Å². The third-order valence-corrected chi connectivity index (χ3v) is 7.11. The first-order valence-corrected chi connectivity index (χ1v) is 12.3. The van der Waals surface area contributed by atoms with Gasteiger partial charge in [0, 0.05) is 24.6 Å². The lowest BCUT2D eigenvalue weighted by atomic mass is 10.0. The number of carbonyl (C=O) groups is 2. The van der Waals surface area contributed by atoms with Gasteiger partial charge in [0.15, 0.2) is 0 Å². The number of likely N-dealkylation sites (tertiary alicyclic amines) is 1. The molecule has 3 aromatic rings. The van der Waals surface area contributed by atoms with Crippen LogP contribution in [0, 0.1) is 11.7 Å². The second-order valence-electron chi connectivity index (χ2n) is 9.67. The topological polar surface area (TPSA) is 64.4 Å². The zero-order chi connectivity index (χ0) is 24.5. The molecule has 1 saturated heterocycles. The average Bonchev–Trinajstić information content (AvgIpc) is 3.66. The molecule has 7 heteroatoms. The van der Waals surface area contributed by atoms with Gasteiger partial charge < -0.3 is 9.64 Å². The van der Waals surface area contributed by atoms with Crippen LogP contribution in [0.1, 0.15) is 71.4 Å². The highest BCUT2D eigenvalue weighted by molar-refractivity contribution is 5.96. The standard InChI is InChI=1S/C28H30FN3O3/c1-18-6-5-14-31(15-13-18)27(33)23-10-4-9-22(25(23)29)20-7-3-8-21(16-20)32-26(19-11-12-19)24(17-30-32)28(34)35-2/h3-4,7-10,16-19H,5-6,11-15H2,1-2H3. The van der Waals surface area contributed by atoms with Crippen LogP contribution in [0.15, 0.2) is 48.7 Å². The third-order valence-electron chi connectivity index (χ3n) is 7.11. The van der Waals surface area contributed by atoms with Crippen LogP contribution in [0.5, 0.6) is 0 Å². The van der Waals surface area contributed by atoms with Crippen LogP contribution in [0.25, 0.3) is 16.8 Å². The summed E-state index contributed by atoms with van der Waals surface area (Å²) in [6.07, 6.45) is 6.49. The minimum Gasteiger partial charge on any atom is -0.465 e. The van der Waals surface area contributed by atoms with E-state index >= 15 is 4.39 Å². The quantitative estimate of drug-likeness (QED) is 0.450. The maximum Gasteiger partial charge on any atom is 0.341 e. The SMILES string of the molecule is COC(=O)c1cnn(-c2cccc(-c3cccc(C(=O)N4CCCC(C)CC4)c3F)c2)c1C1CC1. The Morgan fingerprint density at radius 1 is 1.03 bits per heavy atom. The van der Waals surface area contributed by atoms with Crippen LogP contribution in [0.4, 0.5) is 4.39 Å². The Labute approximate surface area is 204 Å². The van der Waals surface area contributed by atoms with Gasteiger partial charge in [-0.2, -0.15) is 5.10 Å². The highest BCUT2D eigenvalue weighted by atomic mass is 19.1. The minimum absolute atomic E-state index is 0.105. The van der Waals surface area contributed by atoms with Gasteiger partial charge in [-0.3, -0.25) is 4.79 Å². The van der Waals surface area contributed by atoms with Gasteiger partial charge in [-0.25, -0.2) is 13.9 Å². The molecule has 1 aliphatic carbocycles. The summed E-state index contributed by atoms with van der Waals surface area (Å²) in [5.74, 6) is -0.335. The van der Waals surface area contributed by atoms with Crippen LogP contribution in [-0.2, 0) is 4.74 Å². The van der Waals surface area contributed by atoms with Crippen molar-refractivity contribution < 1.29 is 18.7 Å². The number of hydrogen-bond donors (Lipinski definition) is 0. The molecule has 2 fully saturated rings. The second kappa shape index (κ2) is 9.64. The number of benzene rings is 2. The van der Waals surface area contributed by atoms with E-state index in [0.717, 1.165) is 43.5 Å². The van der Waals surface area contributed by atoms with E-state index < -0.39 is 11.8 Å². The summed E-state index contributed by atoms with van der Waals surface area (Å²) < 4.78 is 22.4. The van der Waals surface area contributed by atoms with Gasteiger partial charge in [0.05, 0.1) is 30.3 Å². The van der Waals surface area contributed by atoms with E-state index in [-0.39, 0.29) is 17.4 Å². The Morgan fingerprint density at radius 3 is 2.60 bits per heavy atom. The number of amides is 1. The molecule has 1 atom stereocenters. The van der Waals surface area contributed by atoms with Crippen LogP contribution >= 0.6 is 0 Å². The maximum atomic E-state index is 15.7. The lowest BCUT2D eigenvalue weighted by Crippen LogP contribution is -2.32. The summed E-state index contributed by atoms with van der Waals surface area (Å²) in [5.41, 5.74) is 3.15. The predicted molar refractivity (Wildman–Crippen MR) is 131 cm³/mol. The van der Waals surface area contributed by atoms with E-state index in [4.69, 9.17) is 4.74 Å². The molecule has 6 nitrogen and oxygen atoms in total. The van der Waals surface area contributed by atoms with Gasteiger partial charge >= 0.3 is 5.97 Å². The van der Waals surface area contributed by atoms with E-state index in [1.54, 1.807) is 27.8 Å². The second-order valence-corrected chi connectivity index (χ2v) is 9.67. The van der Waals surface area contributed by atoms with Crippen molar-refractivity contribution in [1.82, 2.24) is 14.7 Å². The maximum absolute atomic E-state index is 15.7. The number of hydrogen-bond acceptors (Lipinski definition) is 4. The van der Waals surface area contributed by atoms with Crippen molar-refractivity contribution in [2.75, 3.05) is 20.2 Å². The number of halogens is 1. The van der Waals surface area contributed by atoms with Gasteiger partial charge in [0.1, 0.15) is 11.4 Å². The molecule has 1 aromatic heterocycles. The highest BCUT2D eigenvalue weighted by Gasteiger charge is 2.33. The molecule has 2 heterocycles. The summed E-state index contributed by atoms with van der Waals surface area (Å²) in [6, 6.07) is 12.4. The minimum atomic E-state index is -0.509. The Balaban J connectivity index is 1.49. The van der Waals surface area contributed by atoms with Crippen molar-refractivity contribution in [1.29, 1.82) is 0 Å². The Bertz CT molecular complexity index is 1260. The van der Waals surface area contributed by atoms with E-state index in [2.05, 4.69) is 12.0 Å². The number of aromatic nitrogens is 2. The van der Waals surface area contributed by atoms with Crippen molar-refractivity contribution in [3.8, 4) is 16.8 Å². The van der Waals surface area contributed by atoms with Gasteiger partial charge in [-0.05, 0) is 61.8 Å². The summed E-state index contributed by atoms with van der Waals surface area (Å²) in [4.78, 5) is 27.2. The number of esters is 1. The fourth-order valence-corrected chi connectivity index (χ4v) is 4.94. The predicted octanol–water partition coefficient (Wildman–Crippen LogP) is 5.60. The van der Waals surface area contributed by atoms with E-state index in [1.807, 2.05) is 24.3 Å². The summed E-state index contributed by atoms with van der Waals surface area (Å²) in [7, 11) is 1.36. The summed E-state index contributed by atoms with van der Waals surface area (Å²) in [6.45, 7) is 3.52. The number of ether oxygens (including phenoxy) is 1. The van der Waals surface area contributed by atoms with Gasteiger partial charge in [0.2, 0.25) is 0 Å². The smallest absolute Gasteiger partial charge is 0.341 e. The molecule has 5 rings (SSSR count). The average molecular weight is 476 g/mol. The molecule has 2 aromatic carbocycles. The Morgan fingerprint density at radius 2 is 1.83 bits per heavy atom. The van der Waals surface area contributed by atoms with Crippen molar-refractivity contribution in [2.45, 2.75) is 44.9 Å². The third kappa shape index (κ3) is 4.59. The molecule has 0 bridgehead atoms. The molecule has 35 heavy (non-hydrogen) atoms. The van der Waals surface area contributed by atoms with Gasteiger partial charge in [-0.1, -0.05) is 31.2 Å². The molecule has 1 aliphatic heterocycles. The lowest BCUT2D eigenvalue weighted by molar-refractivity contribution is 0.0599. The first-order chi connectivity index (χ1) is 17.0. The number of rotatable bonds is 5. The normalized spacial score (nSPS) is 18.3. The molecular weight excluding hydrogens is 445 g/mol. The zero-order valence-corrected chi connectivity index (χ0v) is 20.2. The number of nitrogens with zero attached hydrogens (tertiary/aromatic N) is 3. The van der Waals surface area contributed by atoms with E-state index in [1.165, 1.54) is 13.3 Å². The molecule has 0 spiro atoms. The molecule has 0 N–H and O–H groups in total. The molecule has 1 unspecified atom stereocenters. The first-order valence-electron chi connectivity index (χ1n) is 12.3. The van der Waals surface area contributed by atoms with Crippen molar-refractivity contribution >= 4 is 11.9 Å². The van der Waals surface area contributed by atoms with Crippen LogP contribution in [0.3, 0.4) is 0 Å². The van der Waals surface area contributed by atoms with Crippen LogP contribution < -0.4 is 0 Å². The van der Waals surface area contributed by atoms with E-state index in [0.29, 0.717) is 35.7 Å². The number of methoxy groups -OCH3 is 1. The molecule has 0 radical (unpaired) electrons. The molecule has 2 aliphatic rings. The zero-order valence-electron chi connectivity index (χ0n) is 20.2. The molecular formula is C28H30FN3O3. The fourth-order valence-electron chi connectivity index (χ4n) is 4.94. The van der Waals surface area contributed by atoms with E-state index in [9.17, 15) is 9.59 Å². The monoisotopic (exact) mass is 475 g/mol. The fraction of sp³-hybridized carbons (Fsp3) is 0.393.